The number of unbranched alkanes of at least 4 members (excludes halogenated alkanes) is 2. The lowest BCUT2D eigenvalue weighted by atomic mass is 10.1. The van der Waals surface area contributed by atoms with Gasteiger partial charge in [-0.25, -0.2) is 14.8 Å². The molecule has 2 N–H and O–H groups in total. The Morgan fingerprint density at radius 3 is 2.75 bits per heavy atom. The first-order valence-electron chi connectivity index (χ1n) is 11.5. The molecule has 0 bridgehead atoms. The number of hydrazone groups is 1. The lowest BCUT2D eigenvalue weighted by molar-refractivity contribution is -0.140. The Balaban J connectivity index is 1.58. The van der Waals surface area contributed by atoms with Crippen LogP contribution in [0.2, 0.25) is 0 Å². The Morgan fingerprint density at radius 2 is 1.94 bits per heavy atom. The number of ether oxygens (including phenoxy) is 1. The van der Waals surface area contributed by atoms with Crippen molar-refractivity contribution in [3.05, 3.63) is 72.6 Å². The molecule has 1 heterocycles. The van der Waals surface area contributed by atoms with E-state index in [4.69, 9.17) is 14.8 Å². The van der Waals surface area contributed by atoms with E-state index >= 15 is 0 Å². The minimum atomic E-state index is -1.11. The van der Waals surface area contributed by atoms with Gasteiger partial charge in [-0.3, -0.25) is 0 Å². The summed E-state index contributed by atoms with van der Waals surface area (Å²) < 4.78 is 18.6. The van der Waals surface area contributed by atoms with E-state index in [-0.39, 0.29) is 18.1 Å². The van der Waals surface area contributed by atoms with Crippen LogP contribution >= 0.6 is 11.3 Å². The van der Waals surface area contributed by atoms with E-state index < -0.39 is 11.8 Å². The lowest BCUT2D eigenvalue weighted by Crippen LogP contribution is -2.20. The van der Waals surface area contributed by atoms with E-state index in [0.29, 0.717) is 42.2 Å². The maximum atomic E-state index is 12.7. The van der Waals surface area contributed by atoms with Crippen molar-refractivity contribution in [2.24, 2.45) is 5.10 Å². The van der Waals surface area contributed by atoms with Gasteiger partial charge in [-0.1, -0.05) is 48.2 Å². The first kappa shape index (κ1) is 25.1. The molecule has 0 saturated carbocycles. The van der Waals surface area contributed by atoms with Crippen LogP contribution in [0, 0.1) is 0 Å². The molecule has 0 unspecified atom stereocenters. The van der Waals surface area contributed by atoms with Crippen LogP contribution in [0.4, 0.5) is 9.52 Å². The number of phenolic OH excluding ortho intramolecular Hbond substituents is 2. The second-order valence-electron chi connectivity index (χ2n) is 8.24. The number of fused-ring (bicyclic) bond motifs is 3. The number of halogens is 1. The van der Waals surface area contributed by atoms with Crippen LogP contribution < -0.4 is 5.01 Å². The van der Waals surface area contributed by atoms with E-state index in [1.807, 2.05) is 30.3 Å². The standard InChI is InChI=1S/C27H26FN3O4S/c1-17(28)26(34)35-15-7-3-6-14-31(30-18(2)22-16-20(32)11-12-23(22)33)27-29-25-21-9-5-4-8-19(21)10-13-24(25)36-27/h4-5,8-13,16,32-33H,1,3,6-7,14-15H2,2H3/b30-18+. The monoisotopic (exact) mass is 507 g/mol. The smallest absolute Gasteiger partial charge is 0.366 e. The van der Waals surface area contributed by atoms with Gasteiger partial charge in [-0.05, 0) is 55.8 Å². The molecule has 0 atom stereocenters. The van der Waals surface area contributed by atoms with E-state index in [9.17, 15) is 19.4 Å². The van der Waals surface area contributed by atoms with Gasteiger partial charge in [0.15, 0.2) is 0 Å². The zero-order valence-electron chi connectivity index (χ0n) is 19.8. The summed E-state index contributed by atoms with van der Waals surface area (Å²) >= 11 is 1.52. The summed E-state index contributed by atoms with van der Waals surface area (Å²) in [5.74, 6) is -2.10. The van der Waals surface area contributed by atoms with Crippen LogP contribution in [0.3, 0.4) is 0 Å². The van der Waals surface area contributed by atoms with Gasteiger partial charge in [0, 0.05) is 17.5 Å². The number of benzene rings is 3. The molecule has 7 nitrogen and oxygen atoms in total. The summed E-state index contributed by atoms with van der Waals surface area (Å²) in [6.07, 6.45) is 1.98. The minimum absolute atomic E-state index is 0.0144. The van der Waals surface area contributed by atoms with Gasteiger partial charge in [-0.2, -0.15) is 9.49 Å². The molecule has 0 saturated heterocycles. The van der Waals surface area contributed by atoms with Gasteiger partial charge in [0.2, 0.25) is 11.0 Å². The summed E-state index contributed by atoms with van der Waals surface area (Å²) in [5.41, 5.74) is 1.83. The second-order valence-corrected chi connectivity index (χ2v) is 9.25. The first-order chi connectivity index (χ1) is 17.3. The first-order valence-corrected chi connectivity index (χ1v) is 12.3. The molecular weight excluding hydrogens is 481 g/mol. The Morgan fingerprint density at radius 1 is 1.14 bits per heavy atom. The number of aromatic nitrogens is 1. The highest BCUT2D eigenvalue weighted by molar-refractivity contribution is 7.22. The van der Waals surface area contributed by atoms with Crippen LogP contribution in [-0.4, -0.2) is 40.0 Å². The number of aromatic hydroxyl groups is 2. The van der Waals surface area contributed by atoms with Crippen LogP contribution in [0.25, 0.3) is 21.0 Å². The summed E-state index contributed by atoms with van der Waals surface area (Å²) in [5, 5.41) is 29.5. The van der Waals surface area contributed by atoms with Crippen molar-refractivity contribution in [2.45, 2.75) is 26.2 Å². The van der Waals surface area contributed by atoms with Crippen molar-refractivity contribution in [3.8, 4) is 11.5 Å². The quantitative estimate of drug-likeness (QED) is 0.0654. The van der Waals surface area contributed by atoms with Gasteiger partial charge in [-0.15, -0.1) is 0 Å². The number of nitrogens with zero attached hydrogens (tertiary/aromatic N) is 3. The molecule has 1 aromatic heterocycles. The summed E-state index contributed by atoms with van der Waals surface area (Å²) in [6, 6.07) is 16.5. The summed E-state index contributed by atoms with van der Waals surface area (Å²) in [7, 11) is 0. The number of hydrogen-bond donors (Lipinski definition) is 2. The molecule has 4 aromatic rings. The topological polar surface area (TPSA) is 95.2 Å². The van der Waals surface area contributed by atoms with Crippen LogP contribution in [-0.2, 0) is 9.53 Å². The average molecular weight is 508 g/mol. The van der Waals surface area contributed by atoms with Crippen molar-refractivity contribution in [1.82, 2.24) is 4.98 Å². The highest BCUT2D eigenvalue weighted by Gasteiger charge is 2.16. The fourth-order valence-corrected chi connectivity index (χ4v) is 4.74. The second kappa shape index (κ2) is 11.2. The number of hydrogen-bond acceptors (Lipinski definition) is 8. The van der Waals surface area contributed by atoms with Crippen LogP contribution in [0.1, 0.15) is 31.7 Å². The molecule has 186 valence electrons. The van der Waals surface area contributed by atoms with Crippen molar-refractivity contribution in [2.75, 3.05) is 18.2 Å². The Bertz CT molecular complexity index is 1450. The molecule has 0 spiro atoms. The Kier molecular flexibility index (Phi) is 7.80. The molecule has 0 aliphatic heterocycles. The number of carbonyl (C=O) groups is 1. The molecule has 0 radical (unpaired) electrons. The third-order valence-corrected chi connectivity index (χ3v) is 6.64. The largest absolute Gasteiger partial charge is 0.508 e. The summed E-state index contributed by atoms with van der Waals surface area (Å²) in [4.78, 5) is 16.1. The molecular formula is C27H26FN3O4S. The normalized spacial score (nSPS) is 11.7. The fourth-order valence-electron chi connectivity index (χ4n) is 3.78. The maximum absolute atomic E-state index is 12.7. The van der Waals surface area contributed by atoms with Gasteiger partial charge in [0.1, 0.15) is 11.5 Å². The summed E-state index contributed by atoms with van der Waals surface area (Å²) in [6.45, 7) is 5.30. The third-order valence-electron chi connectivity index (χ3n) is 5.60. The Hall–Kier alpha value is -3.98. The van der Waals surface area contributed by atoms with Gasteiger partial charge < -0.3 is 14.9 Å². The van der Waals surface area contributed by atoms with E-state index in [1.54, 1.807) is 11.9 Å². The van der Waals surface area contributed by atoms with Crippen LogP contribution in [0.5, 0.6) is 11.5 Å². The zero-order valence-corrected chi connectivity index (χ0v) is 20.6. The molecule has 0 amide bonds. The highest BCUT2D eigenvalue weighted by Crippen LogP contribution is 2.34. The number of rotatable bonds is 10. The number of phenols is 2. The van der Waals surface area contributed by atoms with Crippen molar-refractivity contribution in [3.63, 3.8) is 0 Å². The number of anilines is 1. The SMILES string of the molecule is C=C(F)C(=O)OCCCCCN(/N=C(\C)c1cc(O)ccc1O)c1nc2c(ccc3ccccc32)s1. The van der Waals surface area contributed by atoms with Crippen LogP contribution in [0.15, 0.2) is 72.1 Å². The van der Waals surface area contributed by atoms with Gasteiger partial charge in [0.25, 0.3) is 0 Å². The average Bonchev–Trinajstić information content (AvgIpc) is 3.31. The van der Waals surface area contributed by atoms with Gasteiger partial charge >= 0.3 is 5.97 Å². The van der Waals surface area contributed by atoms with E-state index in [1.165, 1.54) is 29.5 Å². The van der Waals surface area contributed by atoms with Crippen molar-refractivity contribution in [1.29, 1.82) is 0 Å². The highest BCUT2D eigenvalue weighted by atomic mass is 32.1. The number of carbonyl (C=O) groups excluding carboxylic acids is 1. The Labute approximate surface area is 211 Å². The van der Waals surface area contributed by atoms with E-state index in [2.05, 4.69) is 12.6 Å². The minimum Gasteiger partial charge on any atom is -0.508 e. The third kappa shape index (κ3) is 5.80. The van der Waals surface area contributed by atoms with Gasteiger partial charge in [0.05, 0.1) is 22.5 Å². The molecule has 0 fully saturated rings. The molecule has 9 heteroatoms. The predicted molar refractivity (Wildman–Crippen MR) is 142 cm³/mol. The molecule has 3 aromatic carbocycles. The van der Waals surface area contributed by atoms with Crippen molar-refractivity contribution >= 4 is 49.1 Å². The molecule has 0 aliphatic carbocycles. The fraction of sp³-hybridized carbons (Fsp3) is 0.222. The number of thiazole rings is 1. The molecule has 36 heavy (non-hydrogen) atoms. The maximum Gasteiger partial charge on any atom is 0.366 e. The molecule has 0 aliphatic rings. The number of esters is 1. The van der Waals surface area contributed by atoms with E-state index in [0.717, 1.165) is 21.0 Å². The zero-order chi connectivity index (χ0) is 25.7. The van der Waals surface area contributed by atoms with Crippen molar-refractivity contribution < 1.29 is 24.1 Å². The lowest BCUT2D eigenvalue weighted by Gasteiger charge is -2.18. The predicted octanol–water partition coefficient (Wildman–Crippen LogP) is 6.29. The molecule has 4 rings (SSSR count).